The molecule has 0 aliphatic heterocycles. The van der Waals surface area contributed by atoms with Crippen molar-refractivity contribution in [1.29, 1.82) is 0 Å². The predicted octanol–water partition coefficient (Wildman–Crippen LogP) is 13.6. The van der Waals surface area contributed by atoms with E-state index in [2.05, 4.69) is 111 Å². The van der Waals surface area contributed by atoms with Crippen molar-refractivity contribution in [3.05, 3.63) is 212 Å². The number of rotatable bonds is 8. The minimum absolute atomic E-state index is 0. The van der Waals surface area contributed by atoms with E-state index in [0.29, 0.717) is 28.9 Å². The molecule has 11 heteroatoms. The van der Waals surface area contributed by atoms with E-state index >= 15 is 0 Å². The molecular weight excluding hydrogens is 1220 g/mol. The predicted molar refractivity (Wildman–Crippen MR) is 264 cm³/mol. The first kappa shape index (κ1) is 43.8. The van der Waals surface area contributed by atoms with Crippen LogP contribution in [0, 0.1) is 38.1 Å². The quantitative estimate of drug-likeness (QED) is 0.141. The zero-order chi connectivity index (χ0) is 44.6. The number of hydrogen-bond acceptors (Lipinski definition) is 6. The van der Waals surface area contributed by atoms with Gasteiger partial charge in [-0.3, -0.25) is 0 Å². The largest absolute Gasteiger partial charge is 2.00 e. The Bertz CT molecular complexity index is 3860. The van der Waals surface area contributed by atoms with Crippen LogP contribution in [0.25, 0.3) is 94.1 Å². The van der Waals surface area contributed by atoms with E-state index in [0.717, 1.165) is 93.9 Å². The van der Waals surface area contributed by atoms with Crippen molar-refractivity contribution in [2.45, 2.75) is 13.8 Å². The topological polar surface area (TPSA) is 84.8 Å². The van der Waals surface area contributed by atoms with Crippen molar-refractivity contribution in [2.24, 2.45) is 0 Å². The summed E-state index contributed by atoms with van der Waals surface area (Å²) < 4.78 is 19.5. The van der Waals surface area contributed by atoms with E-state index in [1.165, 1.54) is 5.56 Å². The maximum Gasteiger partial charge on any atom is 2.00 e. The van der Waals surface area contributed by atoms with Crippen LogP contribution in [-0.2, 0) is 42.1 Å². The second-order valence-electron chi connectivity index (χ2n) is 16.5. The van der Waals surface area contributed by atoms with Crippen molar-refractivity contribution < 1.29 is 51.6 Å². The molecule has 9 nitrogen and oxygen atoms in total. The van der Waals surface area contributed by atoms with Crippen molar-refractivity contribution in [3.8, 4) is 51.7 Å². The van der Waals surface area contributed by atoms with E-state index in [4.69, 9.17) is 19.4 Å². The van der Waals surface area contributed by atoms with Crippen molar-refractivity contribution in [2.75, 3.05) is 0 Å². The molecule has 6 heterocycles. The van der Waals surface area contributed by atoms with Crippen LogP contribution in [0.3, 0.4) is 0 Å². The van der Waals surface area contributed by atoms with Gasteiger partial charge in [-0.2, -0.15) is 35.0 Å². The molecule has 0 fully saturated rings. The van der Waals surface area contributed by atoms with E-state index < -0.39 is 0 Å². The van der Waals surface area contributed by atoms with Gasteiger partial charge in [0.15, 0.2) is 0 Å². The Balaban J connectivity index is 0.00000260. The number of fused-ring (bicyclic) bond motifs is 9. The molecule has 0 spiro atoms. The van der Waals surface area contributed by atoms with Crippen LogP contribution < -0.4 is 9.47 Å². The second-order valence-corrected chi connectivity index (χ2v) is 16.5. The van der Waals surface area contributed by atoms with Crippen LogP contribution >= 0.6 is 0 Å². The van der Waals surface area contributed by atoms with E-state index in [1.54, 1.807) is 12.4 Å². The van der Waals surface area contributed by atoms with E-state index in [1.807, 2.05) is 115 Å². The summed E-state index contributed by atoms with van der Waals surface area (Å²) in [5.74, 6) is 4.15. The average Bonchev–Trinajstić information content (AvgIpc) is 3.99. The number of hydrogen-bond donors (Lipinski definition) is 0. The van der Waals surface area contributed by atoms with Gasteiger partial charge in [-0.25, -0.2) is 19.9 Å². The first-order valence-electron chi connectivity index (χ1n) is 22.0. The number of nitrogens with zero attached hydrogens (tertiary/aromatic N) is 7. The molecule has 6 aromatic heterocycles. The van der Waals surface area contributed by atoms with Crippen LogP contribution in [0.15, 0.2) is 176 Å². The minimum atomic E-state index is 0. The van der Waals surface area contributed by atoms with Gasteiger partial charge in [0, 0.05) is 58.2 Å². The number of benzene rings is 7. The average molecular weight is 1250 g/mol. The Kier molecular flexibility index (Phi) is 11.3. The van der Waals surface area contributed by atoms with Gasteiger partial charge in [0.25, 0.3) is 0 Å². The number of aromatic nitrogens is 7. The Labute approximate surface area is 425 Å². The first-order valence-corrected chi connectivity index (χ1v) is 22.0. The van der Waals surface area contributed by atoms with Crippen molar-refractivity contribution >= 4 is 65.4 Å². The molecule has 0 N–H and O–H groups in total. The Hall–Kier alpha value is -7.70. The van der Waals surface area contributed by atoms with Gasteiger partial charge in [0.2, 0.25) is 5.95 Å². The zero-order valence-corrected chi connectivity index (χ0v) is 41.4. The fourth-order valence-electron chi connectivity index (χ4n) is 9.28. The Morgan fingerprint density at radius 1 is 0.406 bits per heavy atom. The molecule has 334 valence electrons. The summed E-state index contributed by atoms with van der Waals surface area (Å²) >= 11 is 0. The van der Waals surface area contributed by atoms with Gasteiger partial charge in [0.05, 0.1) is 5.69 Å². The zero-order valence-electron chi connectivity index (χ0n) is 36.8. The maximum atomic E-state index is 6.64. The molecule has 0 radical (unpaired) electrons. The van der Waals surface area contributed by atoms with Gasteiger partial charge in [-0.05, 0) is 66.6 Å². The number of aryl methyl sites for hydroxylation is 2. The van der Waals surface area contributed by atoms with Gasteiger partial charge >= 0.3 is 42.1 Å². The van der Waals surface area contributed by atoms with Crippen LogP contribution in [0.4, 0.5) is 0 Å². The summed E-state index contributed by atoms with van der Waals surface area (Å²) in [7, 11) is 0. The fourth-order valence-corrected chi connectivity index (χ4v) is 9.28. The van der Waals surface area contributed by atoms with Gasteiger partial charge in [0.1, 0.15) is 11.6 Å². The SMILES string of the molecule is Cc1ccc(-c2cnc(-n3c4[c-]c(Oc5[c-]c6c(cc5)c5ccccc5n6-c5ccccn5)ccc4c4ccc(Oc5[c-]c6c(cc5)c5ccccc5n6-c5ccccn5)[c-]c43)nc2C)cc1.[Pt+2].[Pt+2]. The standard InChI is InChI=1S/C58H35N7O2.2Pt/c1-36-17-19-38(20-18-36)49-35-61-58(62-37(49)2)65-54-33-41(66-39-21-25-45-43-11-3-5-13-50(43)63(52(45)31-39)56-15-7-9-29-59-56)23-27-47(54)48-28-24-42(34-55(48)65)67-40-22-26-46-44-12-4-6-14-51(44)64(53(46)32-40)57-16-8-10-30-60-57;;/h3-30,35H,1-2H3;;/q-4;2*+2. The molecule has 13 rings (SSSR count). The molecule has 0 aliphatic carbocycles. The van der Waals surface area contributed by atoms with Crippen LogP contribution in [0.5, 0.6) is 23.0 Å². The van der Waals surface area contributed by atoms with Gasteiger partial charge in [-0.15, -0.1) is 59.3 Å². The van der Waals surface area contributed by atoms with Gasteiger partial charge < -0.3 is 23.2 Å². The molecule has 69 heavy (non-hydrogen) atoms. The number of para-hydroxylation sites is 2. The van der Waals surface area contributed by atoms with Crippen LogP contribution in [-0.4, -0.2) is 33.6 Å². The summed E-state index contributed by atoms with van der Waals surface area (Å²) in [4.78, 5) is 19.5. The first-order chi connectivity index (χ1) is 33.0. The molecule has 0 aliphatic rings. The summed E-state index contributed by atoms with van der Waals surface area (Å²) in [6, 6.07) is 67.2. The monoisotopic (exact) mass is 1250 g/mol. The molecule has 7 aromatic carbocycles. The molecule has 13 aromatic rings. The fraction of sp³-hybridized carbons (Fsp3) is 0.0345. The van der Waals surface area contributed by atoms with E-state index in [-0.39, 0.29) is 42.1 Å². The molecule has 0 bridgehead atoms. The third kappa shape index (κ3) is 7.50. The smallest absolute Gasteiger partial charge is 0.509 e. The van der Waals surface area contributed by atoms with Gasteiger partial charge in [-0.1, -0.05) is 100 Å². The van der Waals surface area contributed by atoms with Crippen LogP contribution in [0.1, 0.15) is 11.3 Å². The maximum absolute atomic E-state index is 6.64. The third-order valence-corrected chi connectivity index (χ3v) is 12.4. The second kappa shape index (κ2) is 17.7. The summed E-state index contributed by atoms with van der Waals surface area (Å²) in [5, 5.41) is 6.18. The third-order valence-electron chi connectivity index (χ3n) is 12.4. The summed E-state index contributed by atoms with van der Waals surface area (Å²) in [5.41, 5.74) is 9.27. The number of ether oxygens (including phenoxy) is 2. The Morgan fingerprint density at radius 3 is 1.26 bits per heavy atom. The van der Waals surface area contributed by atoms with Crippen LogP contribution in [0.2, 0.25) is 0 Å². The molecule has 0 unspecified atom stereocenters. The Morgan fingerprint density at radius 2 is 0.826 bits per heavy atom. The summed E-state index contributed by atoms with van der Waals surface area (Å²) in [6.07, 6.45) is 5.49. The minimum Gasteiger partial charge on any atom is -0.509 e. The molecular formula is C58H35N7O2Pt2. The molecule has 0 atom stereocenters. The van der Waals surface area contributed by atoms with E-state index in [9.17, 15) is 0 Å². The molecule has 0 amide bonds. The summed E-state index contributed by atoms with van der Waals surface area (Å²) in [6.45, 7) is 4.09. The normalized spacial score (nSPS) is 11.4. The number of pyridine rings is 2. The molecule has 0 saturated carbocycles. The van der Waals surface area contributed by atoms with Crippen molar-refractivity contribution in [3.63, 3.8) is 0 Å². The molecule has 0 saturated heterocycles. The van der Waals surface area contributed by atoms with Crippen molar-refractivity contribution in [1.82, 2.24) is 33.6 Å².